The van der Waals surface area contributed by atoms with Crippen molar-refractivity contribution in [3.8, 4) is 5.75 Å². The van der Waals surface area contributed by atoms with Crippen molar-refractivity contribution in [3.63, 3.8) is 0 Å². The van der Waals surface area contributed by atoms with Gasteiger partial charge < -0.3 is 10.1 Å². The minimum Gasteiger partial charge on any atom is -0.490 e. The highest BCUT2D eigenvalue weighted by molar-refractivity contribution is 5.41. The maximum Gasteiger partial charge on any atom is 0.123 e. The van der Waals surface area contributed by atoms with Gasteiger partial charge in [-0.05, 0) is 48.9 Å². The van der Waals surface area contributed by atoms with E-state index in [9.17, 15) is 0 Å². The molecule has 1 aromatic carbocycles. The summed E-state index contributed by atoms with van der Waals surface area (Å²) < 4.78 is 5.81. The number of benzene rings is 1. The minimum absolute atomic E-state index is 0.324. The van der Waals surface area contributed by atoms with Gasteiger partial charge in [-0.2, -0.15) is 0 Å². The van der Waals surface area contributed by atoms with Crippen molar-refractivity contribution in [2.75, 3.05) is 6.54 Å². The van der Waals surface area contributed by atoms with Crippen LogP contribution in [0.1, 0.15) is 58.2 Å². The molecular weight excluding hydrogens is 246 g/mol. The van der Waals surface area contributed by atoms with Gasteiger partial charge in [0.25, 0.3) is 0 Å². The van der Waals surface area contributed by atoms with Gasteiger partial charge in [-0.25, -0.2) is 0 Å². The molecule has 0 saturated heterocycles. The summed E-state index contributed by atoms with van der Waals surface area (Å²) in [5, 5.41) is 3.73. The standard InChI is InChI=1S/C18H29NO/c1-6-9-19-18(14(5)12(2)3)15-7-8-17-16(11-15)10-13(4)20-17/h7-8,11-14,18-19H,6,9-10H2,1-5H3. The highest BCUT2D eigenvalue weighted by atomic mass is 16.5. The van der Waals surface area contributed by atoms with Crippen molar-refractivity contribution in [2.45, 2.75) is 59.6 Å². The molecular formula is C18H29NO. The predicted octanol–water partition coefficient (Wildman–Crippen LogP) is 4.34. The molecule has 1 aliphatic heterocycles. The zero-order valence-corrected chi connectivity index (χ0v) is 13.6. The highest BCUT2D eigenvalue weighted by Gasteiger charge is 2.25. The predicted molar refractivity (Wildman–Crippen MR) is 85.3 cm³/mol. The number of rotatable bonds is 6. The molecule has 0 aromatic heterocycles. The number of nitrogens with one attached hydrogen (secondary N) is 1. The minimum atomic E-state index is 0.324. The van der Waals surface area contributed by atoms with Gasteiger partial charge >= 0.3 is 0 Å². The molecule has 0 fully saturated rings. The second kappa shape index (κ2) is 6.62. The molecule has 1 N–H and O–H groups in total. The highest BCUT2D eigenvalue weighted by Crippen LogP contribution is 2.34. The van der Waals surface area contributed by atoms with Crippen LogP contribution in [0.4, 0.5) is 0 Å². The first-order chi connectivity index (χ1) is 9.52. The van der Waals surface area contributed by atoms with Crippen molar-refractivity contribution in [1.29, 1.82) is 0 Å². The van der Waals surface area contributed by atoms with Crippen molar-refractivity contribution in [1.82, 2.24) is 5.32 Å². The van der Waals surface area contributed by atoms with Gasteiger partial charge in [-0.3, -0.25) is 0 Å². The van der Waals surface area contributed by atoms with Crippen molar-refractivity contribution < 1.29 is 4.74 Å². The average Bonchev–Trinajstić information content (AvgIpc) is 2.78. The Labute approximate surface area is 123 Å². The lowest BCUT2D eigenvalue weighted by molar-refractivity contribution is 0.254. The topological polar surface area (TPSA) is 21.3 Å². The Morgan fingerprint density at radius 1 is 1.30 bits per heavy atom. The third-order valence-electron chi connectivity index (χ3n) is 4.47. The van der Waals surface area contributed by atoms with Gasteiger partial charge in [0.2, 0.25) is 0 Å². The van der Waals surface area contributed by atoms with Crippen LogP contribution >= 0.6 is 0 Å². The van der Waals surface area contributed by atoms with Gasteiger partial charge in [-0.1, -0.05) is 39.8 Å². The maximum absolute atomic E-state index is 5.81. The summed E-state index contributed by atoms with van der Waals surface area (Å²) in [6, 6.07) is 7.19. The van der Waals surface area contributed by atoms with E-state index in [1.54, 1.807) is 0 Å². The molecule has 0 spiro atoms. The third kappa shape index (κ3) is 3.35. The molecule has 1 aromatic rings. The smallest absolute Gasteiger partial charge is 0.123 e. The molecule has 2 nitrogen and oxygen atoms in total. The Kier molecular flexibility index (Phi) is 5.09. The van der Waals surface area contributed by atoms with Gasteiger partial charge in [0.15, 0.2) is 0 Å². The van der Waals surface area contributed by atoms with Crippen LogP contribution in [0, 0.1) is 11.8 Å². The second-order valence-corrected chi connectivity index (χ2v) is 6.53. The van der Waals surface area contributed by atoms with E-state index in [1.165, 1.54) is 17.5 Å². The summed E-state index contributed by atoms with van der Waals surface area (Å²) >= 11 is 0. The van der Waals surface area contributed by atoms with Crippen LogP contribution in [-0.2, 0) is 6.42 Å². The molecule has 0 saturated carbocycles. The largest absolute Gasteiger partial charge is 0.490 e. The molecule has 0 bridgehead atoms. The van der Waals surface area contributed by atoms with E-state index < -0.39 is 0 Å². The first-order valence-corrected chi connectivity index (χ1v) is 8.05. The first kappa shape index (κ1) is 15.4. The van der Waals surface area contributed by atoms with Crippen LogP contribution in [0.15, 0.2) is 18.2 Å². The molecule has 1 aliphatic rings. The van der Waals surface area contributed by atoms with Gasteiger partial charge in [-0.15, -0.1) is 0 Å². The fourth-order valence-corrected chi connectivity index (χ4v) is 2.93. The van der Waals surface area contributed by atoms with E-state index in [0.29, 0.717) is 24.0 Å². The fourth-order valence-electron chi connectivity index (χ4n) is 2.93. The SMILES string of the molecule is CCCNC(c1ccc2c(c1)CC(C)O2)C(C)C(C)C. The molecule has 0 amide bonds. The lowest BCUT2D eigenvalue weighted by Gasteiger charge is -2.29. The number of ether oxygens (including phenoxy) is 1. The summed E-state index contributed by atoms with van der Waals surface area (Å²) in [6.07, 6.45) is 2.54. The Morgan fingerprint density at radius 3 is 2.70 bits per heavy atom. The summed E-state index contributed by atoms with van der Waals surface area (Å²) in [7, 11) is 0. The monoisotopic (exact) mass is 275 g/mol. The van der Waals surface area contributed by atoms with Crippen LogP contribution in [0.2, 0.25) is 0 Å². The molecule has 1 heterocycles. The lowest BCUT2D eigenvalue weighted by Crippen LogP contribution is -2.30. The van der Waals surface area contributed by atoms with Crippen LogP contribution in [0.3, 0.4) is 0 Å². The van der Waals surface area contributed by atoms with Crippen molar-refractivity contribution >= 4 is 0 Å². The molecule has 112 valence electrons. The van der Waals surface area contributed by atoms with Crippen LogP contribution in [0.25, 0.3) is 0 Å². The summed E-state index contributed by atoms with van der Waals surface area (Å²) in [5.74, 6) is 2.37. The first-order valence-electron chi connectivity index (χ1n) is 8.05. The van der Waals surface area contributed by atoms with Gasteiger partial charge in [0, 0.05) is 12.5 Å². The zero-order valence-electron chi connectivity index (χ0n) is 13.6. The number of hydrogen-bond donors (Lipinski definition) is 1. The second-order valence-electron chi connectivity index (χ2n) is 6.53. The molecule has 0 radical (unpaired) electrons. The van der Waals surface area contributed by atoms with Gasteiger partial charge in [0.05, 0.1) is 0 Å². The summed E-state index contributed by atoms with van der Waals surface area (Å²) in [5.41, 5.74) is 2.78. The Hall–Kier alpha value is -1.02. The van der Waals surface area contributed by atoms with E-state index in [4.69, 9.17) is 4.74 Å². The molecule has 3 atom stereocenters. The van der Waals surface area contributed by atoms with E-state index in [2.05, 4.69) is 58.1 Å². The Bertz CT molecular complexity index is 441. The summed E-state index contributed by atoms with van der Waals surface area (Å²) in [4.78, 5) is 0. The number of fused-ring (bicyclic) bond motifs is 1. The van der Waals surface area contributed by atoms with Gasteiger partial charge in [0.1, 0.15) is 11.9 Å². The molecule has 2 rings (SSSR count). The molecule has 0 aliphatic carbocycles. The van der Waals surface area contributed by atoms with Crippen molar-refractivity contribution in [2.24, 2.45) is 11.8 Å². The molecule has 2 heteroatoms. The lowest BCUT2D eigenvalue weighted by atomic mass is 9.85. The quantitative estimate of drug-likeness (QED) is 0.833. The average molecular weight is 275 g/mol. The molecule has 20 heavy (non-hydrogen) atoms. The maximum atomic E-state index is 5.81. The van der Waals surface area contributed by atoms with Crippen LogP contribution in [0.5, 0.6) is 5.75 Å². The van der Waals surface area contributed by atoms with E-state index >= 15 is 0 Å². The van der Waals surface area contributed by atoms with Crippen LogP contribution < -0.4 is 10.1 Å². The normalized spacial score (nSPS) is 20.6. The summed E-state index contributed by atoms with van der Waals surface area (Å²) in [6.45, 7) is 12.4. The van der Waals surface area contributed by atoms with Crippen LogP contribution in [-0.4, -0.2) is 12.6 Å². The fraction of sp³-hybridized carbons (Fsp3) is 0.667. The van der Waals surface area contributed by atoms with Crippen molar-refractivity contribution in [3.05, 3.63) is 29.3 Å². The Morgan fingerprint density at radius 2 is 2.05 bits per heavy atom. The Balaban J connectivity index is 2.22. The van der Waals surface area contributed by atoms with E-state index in [1.807, 2.05) is 0 Å². The molecule has 3 unspecified atom stereocenters. The zero-order chi connectivity index (χ0) is 14.7. The van der Waals surface area contributed by atoms with E-state index in [-0.39, 0.29) is 0 Å². The third-order valence-corrected chi connectivity index (χ3v) is 4.47. The number of hydrogen-bond acceptors (Lipinski definition) is 2. The van der Waals surface area contributed by atoms with E-state index in [0.717, 1.165) is 18.7 Å².